The molecule has 0 spiro atoms. The van der Waals surface area contributed by atoms with Crippen LogP contribution in [0.2, 0.25) is 0 Å². The van der Waals surface area contributed by atoms with Crippen molar-refractivity contribution in [2.45, 2.75) is 13.5 Å². The number of nitriles is 1. The summed E-state index contributed by atoms with van der Waals surface area (Å²) in [4.78, 5) is 11.5. The van der Waals surface area contributed by atoms with Gasteiger partial charge >= 0.3 is 0 Å². The molecule has 0 N–H and O–H groups in total. The summed E-state index contributed by atoms with van der Waals surface area (Å²) in [6, 6.07) is 9.01. The van der Waals surface area contributed by atoms with E-state index in [4.69, 9.17) is 5.26 Å². The van der Waals surface area contributed by atoms with E-state index in [1.165, 1.54) is 22.9 Å². The lowest BCUT2D eigenvalue weighted by atomic mass is 10.1. The minimum Gasteiger partial charge on any atom is -0.268 e. The second-order valence-electron chi connectivity index (χ2n) is 3.89. The van der Waals surface area contributed by atoms with Gasteiger partial charge in [-0.15, -0.1) is 0 Å². The minimum absolute atomic E-state index is 0.0536. The number of aromatic nitrogens is 2. The van der Waals surface area contributed by atoms with Crippen molar-refractivity contribution in [2.24, 2.45) is 0 Å². The van der Waals surface area contributed by atoms with Crippen LogP contribution < -0.4 is 5.56 Å². The first kappa shape index (κ1) is 12.0. The highest BCUT2D eigenvalue weighted by atomic mass is 19.1. The summed E-state index contributed by atoms with van der Waals surface area (Å²) in [6.45, 7) is 1.81. The molecular weight excluding hydrogens is 233 g/mol. The van der Waals surface area contributed by atoms with Gasteiger partial charge in [-0.25, -0.2) is 9.07 Å². The number of hydrogen-bond donors (Lipinski definition) is 0. The van der Waals surface area contributed by atoms with Gasteiger partial charge in [0.05, 0.1) is 23.9 Å². The maximum Gasteiger partial charge on any atom is 0.267 e. The average Bonchev–Trinajstić information content (AvgIpc) is 2.36. The van der Waals surface area contributed by atoms with Crippen molar-refractivity contribution in [3.8, 4) is 6.07 Å². The van der Waals surface area contributed by atoms with Gasteiger partial charge in [0, 0.05) is 11.6 Å². The molecule has 0 amide bonds. The molecule has 0 aliphatic rings. The number of halogens is 1. The molecule has 5 heteroatoms. The summed E-state index contributed by atoms with van der Waals surface area (Å²) in [5, 5.41) is 12.7. The Morgan fingerprint density at radius 2 is 2.17 bits per heavy atom. The van der Waals surface area contributed by atoms with Crippen LogP contribution in [0.1, 0.15) is 16.8 Å². The molecule has 0 unspecified atom stereocenters. The largest absolute Gasteiger partial charge is 0.268 e. The molecule has 90 valence electrons. The smallest absolute Gasteiger partial charge is 0.267 e. The fourth-order valence-corrected chi connectivity index (χ4v) is 1.57. The zero-order valence-corrected chi connectivity index (χ0v) is 9.72. The Bertz CT molecular complexity index is 685. The van der Waals surface area contributed by atoms with Gasteiger partial charge in [-0.05, 0) is 25.1 Å². The van der Waals surface area contributed by atoms with Crippen molar-refractivity contribution in [3.05, 3.63) is 63.3 Å². The monoisotopic (exact) mass is 243 g/mol. The topological polar surface area (TPSA) is 58.7 Å². The van der Waals surface area contributed by atoms with Crippen LogP contribution in [0.15, 0.2) is 35.1 Å². The summed E-state index contributed by atoms with van der Waals surface area (Å²) < 4.78 is 14.9. The van der Waals surface area contributed by atoms with E-state index in [-0.39, 0.29) is 17.7 Å². The number of benzene rings is 1. The van der Waals surface area contributed by atoms with Crippen LogP contribution in [0, 0.1) is 24.1 Å². The zero-order valence-electron chi connectivity index (χ0n) is 9.72. The molecule has 1 heterocycles. The highest BCUT2D eigenvalue weighted by Crippen LogP contribution is 2.10. The maximum absolute atomic E-state index is 13.7. The van der Waals surface area contributed by atoms with Gasteiger partial charge in [-0.3, -0.25) is 4.79 Å². The molecule has 0 radical (unpaired) electrons. The fourth-order valence-electron chi connectivity index (χ4n) is 1.57. The lowest BCUT2D eigenvalue weighted by Gasteiger charge is -2.06. The van der Waals surface area contributed by atoms with Crippen molar-refractivity contribution in [3.63, 3.8) is 0 Å². The van der Waals surface area contributed by atoms with E-state index in [1.54, 1.807) is 13.0 Å². The molecule has 0 saturated heterocycles. The second-order valence-corrected chi connectivity index (χ2v) is 3.89. The molecule has 0 atom stereocenters. The third-order valence-electron chi connectivity index (χ3n) is 2.50. The van der Waals surface area contributed by atoms with E-state index in [2.05, 4.69) is 5.10 Å². The molecule has 0 saturated carbocycles. The van der Waals surface area contributed by atoms with Crippen molar-refractivity contribution in [2.75, 3.05) is 0 Å². The summed E-state index contributed by atoms with van der Waals surface area (Å²) >= 11 is 0. The van der Waals surface area contributed by atoms with E-state index in [9.17, 15) is 9.18 Å². The Morgan fingerprint density at radius 1 is 1.39 bits per heavy atom. The van der Waals surface area contributed by atoms with E-state index in [0.29, 0.717) is 11.3 Å². The standard InChI is InChI=1S/C13H10FN3O/c1-9-2-5-13(18)17(16-9)8-11-4-3-10(7-15)6-12(11)14/h2-6H,8H2,1H3. The zero-order chi connectivity index (χ0) is 13.1. The van der Waals surface area contributed by atoms with Crippen molar-refractivity contribution in [1.29, 1.82) is 5.26 Å². The van der Waals surface area contributed by atoms with Gasteiger partial charge in [0.1, 0.15) is 5.82 Å². The van der Waals surface area contributed by atoms with Crippen LogP contribution in [-0.4, -0.2) is 9.78 Å². The second kappa shape index (κ2) is 4.80. The first-order valence-corrected chi connectivity index (χ1v) is 5.33. The summed E-state index contributed by atoms with van der Waals surface area (Å²) in [5.41, 5.74) is 0.975. The Balaban J connectivity index is 2.38. The van der Waals surface area contributed by atoms with E-state index in [0.717, 1.165) is 6.07 Å². The predicted molar refractivity (Wildman–Crippen MR) is 63.5 cm³/mol. The molecule has 2 rings (SSSR count). The lowest BCUT2D eigenvalue weighted by molar-refractivity contribution is 0.568. The molecule has 0 aliphatic heterocycles. The van der Waals surface area contributed by atoms with Gasteiger partial charge in [0.2, 0.25) is 0 Å². The lowest BCUT2D eigenvalue weighted by Crippen LogP contribution is -2.23. The van der Waals surface area contributed by atoms with Crippen LogP contribution in [0.3, 0.4) is 0 Å². The summed E-state index contributed by atoms with van der Waals surface area (Å²) in [5.74, 6) is -0.510. The van der Waals surface area contributed by atoms with E-state index < -0.39 is 5.82 Å². The van der Waals surface area contributed by atoms with Crippen molar-refractivity contribution < 1.29 is 4.39 Å². The number of nitrogens with zero attached hydrogens (tertiary/aromatic N) is 3. The molecule has 18 heavy (non-hydrogen) atoms. The number of hydrogen-bond acceptors (Lipinski definition) is 3. The van der Waals surface area contributed by atoms with Gasteiger partial charge in [0.25, 0.3) is 5.56 Å². The van der Waals surface area contributed by atoms with Crippen LogP contribution in [0.25, 0.3) is 0 Å². The normalized spacial score (nSPS) is 10.1. The summed E-state index contributed by atoms with van der Waals surface area (Å²) in [7, 11) is 0. The highest BCUT2D eigenvalue weighted by molar-refractivity contribution is 5.32. The molecule has 0 aliphatic carbocycles. The Kier molecular flexibility index (Phi) is 3.20. The molecule has 0 bridgehead atoms. The molecule has 1 aromatic carbocycles. The third kappa shape index (κ3) is 2.43. The summed E-state index contributed by atoms with van der Waals surface area (Å²) in [6.07, 6.45) is 0. The maximum atomic E-state index is 13.7. The molecule has 4 nitrogen and oxygen atoms in total. The van der Waals surface area contributed by atoms with Gasteiger partial charge < -0.3 is 0 Å². The number of aryl methyl sites for hydroxylation is 1. The fraction of sp³-hybridized carbons (Fsp3) is 0.154. The van der Waals surface area contributed by atoms with Gasteiger partial charge in [0.15, 0.2) is 0 Å². The van der Waals surface area contributed by atoms with Crippen LogP contribution in [0.4, 0.5) is 4.39 Å². The minimum atomic E-state index is -0.510. The Labute approximate surface area is 103 Å². The Morgan fingerprint density at radius 3 is 2.83 bits per heavy atom. The molecule has 2 aromatic rings. The van der Waals surface area contributed by atoms with Crippen LogP contribution in [-0.2, 0) is 6.54 Å². The Hall–Kier alpha value is -2.48. The van der Waals surface area contributed by atoms with Crippen molar-refractivity contribution >= 4 is 0 Å². The third-order valence-corrected chi connectivity index (χ3v) is 2.50. The van der Waals surface area contributed by atoms with Crippen molar-refractivity contribution in [1.82, 2.24) is 9.78 Å². The quantitative estimate of drug-likeness (QED) is 0.805. The van der Waals surface area contributed by atoms with Gasteiger partial charge in [-0.1, -0.05) is 6.07 Å². The predicted octanol–water partition coefficient (Wildman–Crippen LogP) is 1.61. The van der Waals surface area contributed by atoms with E-state index in [1.807, 2.05) is 6.07 Å². The molecule has 0 fully saturated rings. The number of rotatable bonds is 2. The van der Waals surface area contributed by atoms with Crippen LogP contribution >= 0.6 is 0 Å². The first-order valence-electron chi connectivity index (χ1n) is 5.33. The van der Waals surface area contributed by atoms with Crippen LogP contribution in [0.5, 0.6) is 0 Å². The highest BCUT2D eigenvalue weighted by Gasteiger charge is 2.06. The SMILES string of the molecule is Cc1ccc(=O)n(Cc2ccc(C#N)cc2F)n1. The first-order chi connectivity index (χ1) is 8.60. The average molecular weight is 243 g/mol. The van der Waals surface area contributed by atoms with E-state index >= 15 is 0 Å². The molecule has 1 aromatic heterocycles. The molecular formula is C13H10FN3O. The van der Waals surface area contributed by atoms with Gasteiger partial charge in [-0.2, -0.15) is 10.4 Å².